The number of hydrogen-bond donors (Lipinski definition) is 1. The fourth-order valence-electron chi connectivity index (χ4n) is 1.11. The summed E-state index contributed by atoms with van der Waals surface area (Å²) in [7, 11) is 2.40. The summed E-state index contributed by atoms with van der Waals surface area (Å²) in [4.78, 5) is 21.9. The minimum Gasteiger partial charge on any atom is -0.467 e. The van der Waals surface area contributed by atoms with Gasteiger partial charge in [-0.25, -0.2) is 9.59 Å². The first-order valence-electron chi connectivity index (χ1n) is 4.51. The number of aliphatic hydroxyl groups is 1. The standard InChI is InChI=1S/C10H12O6/c1-14-9(12)7(11)5-6-3-4-8(16-6)10(13)15-2/h3-4,7,11H,5H2,1-2H3. The van der Waals surface area contributed by atoms with Crippen LogP contribution in [0.15, 0.2) is 16.5 Å². The van der Waals surface area contributed by atoms with Gasteiger partial charge in [-0.2, -0.15) is 0 Å². The van der Waals surface area contributed by atoms with E-state index in [9.17, 15) is 14.7 Å². The van der Waals surface area contributed by atoms with Crippen molar-refractivity contribution in [1.29, 1.82) is 0 Å². The van der Waals surface area contributed by atoms with E-state index in [0.717, 1.165) is 0 Å². The summed E-state index contributed by atoms with van der Waals surface area (Å²) in [5.41, 5.74) is 0. The van der Waals surface area contributed by atoms with E-state index in [-0.39, 0.29) is 12.2 Å². The molecule has 0 aliphatic heterocycles. The van der Waals surface area contributed by atoms with Crippen LogP contribution in [0, 0.1) is 0 Å². The molecule has 0 aliphatic rings. The lowest BCUT2D eigenvalue weighted by Gasteiger charge is -2.05. The Kier molecular flexibility index (Phi) is 4.07. The Balaban J connectivity index is 2.65. The third kappa shape index (κ3) is 2.83. The zero-order chi connectivity index (χ0) is 12.1. The molecule has 1 N–H and O–H groups in total. The summed E-state index contributed by atoms with van der Waals surface area (Å²) in [6, 6.07) is 2.89. The molecule has 0 amide bonds. The second kappa shape index (κ2) is 5.32. The van der Waals surface area contributed by atoms with Crippen molar-refractivity contribution >= 4 is 11.9 Å². The molecule has 1 atom stereocenters. The van der Waals surface area contributed by atoms with Crippen molar-refractivity contribution in [1.82, 2.24) is 0 Å². The number of hydrogen-bond acceptors (Lipinski definition) is 6. The highest BCUT2D eigenvalue weighted by atomic mass is 16.5. The Morgan fingerprint density at radius 1 is 1.38 bits per heavy atom. The van der Waals surface area contributed by atoms with Gasteiger partial charge in [0.1, 0.15) is 5.76 Å². The first-order chi connectivity index (χ1) is 7.58. The van der Waals surface area contributed by atoms with Crippen molar-refractivity contribution in [3.8, 4) is 0 Å². The van der Waals surface area contributed by atoms with Crippen LogP contribution < -0.4 is 0 Å². The lowest BCUT2D eigenvalue weighted by atomic mass is 10.2. The van der Waals surface area contributed by atoms with Crippen LogP contribution in [0.2, 0.25) is 0 Å². The molecule has 16 heavy (non-hydrogen) atoms. The zero-order valence-electron chi connectivity index (χ0n) is 8.93. The largest absolute Gasteiger partial charge is 0.467 e. The van der Waals surface area contributed by atoms with E-state index in [2.05, 4.69) is 9.47 Å². The van der Waals surface area contributed by atoms with Crippen molar-refractivity contribution in [2.75, 3.05) is 14.2 Å². The molecule has 0 spiro atoms. The molecular weight excluding hydrogens is 216 g/mol. The minimum atomic E-state index is -1.30. The van der Waals surface area contributed by atoms with Gasteiger partial charge in [0, 0.05) is 6.42 Å². The maximum atomic E-state index is 11.0. The molecule has 88 valence electrons. The number of carbonyl (C=O) groups excluding carboxylic acids is 2. The molecule has 0 aliphatic carbocycles. The van der Waals surface area contributed by atoms with Gasteiger partial charge in [0.25, 0.3) is 0 Å². The van der Waals surface area contributed by atoms with Gasteiger partial charge in [-0.15, -0.1) is 0 Å². The van der Waals surface area contributed by atoms with Gasteiger partial charge in [-0.05, 0) is 12.1 Å². The molecular formula is C10H12O6. The van der Waals surface area contributed by atoms with E-state index in [1.807, 2.05) is 0 Å². The Morgan fingerprint density at radius 2 is 2.06 bits per heavy atom. The molecule has 1 rings (SSSR count). The third-order valence-electron chi connectivity index (χ3n) is 1.92. The summed E-state index contributed by atoms with van der Waals surface area (Å²) < 4.78 is 13.8. The SMILES string of the molecule is COC(=O)c1ccc(CC(O)C(=O)OC)o1. The van der Waals surface area contributed by atoms with E-state index in [1.165, 1.54) is 26.4 Å². The number of aliphatic hydroxyl groups excluding tert-OH is 1. The number of rotatable bonds is 4. The molecule has 0 aromatic carbocycles. The van der Waals surface area contributed by atoms with Crippen LogP contribution >= 0.6 is 0 Å². The fraction of sp³-hybridized carbons (Fsp3) is 0.400. The van der Waals surface area contributed by atoms with Crippen LogP contribution in [0.25, 0.3) is 0 Å². The van der Waals surface area contributed by atoms with Gasteiger partial charge in [-0.1, -0.05) is 0 Å². The van der Waals surface area contributed by atoms with Gasteiger partial charge >= 0.3 is 11.9 Å². The van der Waals surface area contributed by atoms with E-state index in [1.54, 1.807) is 0 Å². The monoisotopic (exact) mass is 228 g/mol. The van der Waals surface area contributed by atoms with E-state index >= 15 is 0 Å². The van der Waals surface area contributed by atoms with Crippen molar-refractivity contribution in [2.45, 2.75) is 12.5 Å². The predicted molar refractivity (Wildman–Crippen MR) is 51.8 cm³/mol. The third-order valence-corrected chi connectivity index (χ3v) is 1.92. The molecule has 1 aromatic heterocycles. The van der Waals surface area contributed by atoms with E-state index in [4.69, 9.17) is 4.42 Å². The summed E-state index contributed by atoms with van der Waals surface area (Å²) in [6.45, 7) is 0. The highest BCUT2D eigenvalue weighted by Crippen LogP contribution is 2.11. The van der Waals surface area contributed by atoms with Crippen LogP contribution in [0.1, 0.15) is 16.3 Å². The highest BCUT2D eigenvalue weighted by molar-refractivity contribution is 5.86. The zero-order valence-corrected chi connectivity index (χ0v) is 8.93. The quantitative estimate of drug-likeness (QED) is 0.738. The van der Waals surface area contributed by atoms with Crippen LogP contribution in [0.4, 0.5) is 0 Å². The average molecular weight is 228 g/mol. The van der Waals surface area contributed by atoms with Crippen LogP contribution in [-0.4, -0.2) is 37.4 Å². The maximum absolute atomic E-state index is 11.0. The van der Waals surface area contributed by atoms with Gasteiger partial charge in [-0.3, -0.25) is 0 Å². The van der Waals surface area contributed by atoms with Gasteiger partial charge < -0.3 is 19.0 Å². The molecule has 6 nitrogen and oxygen atoms in total. The van der Waals surface area contributed by atoms with E-state index in [0.29, 0.717) is 5.76 Å². The van der Waals surface area contributed by atoms with Gasteiger partial charge in [0.05, 0.1) is 14.2 Å². The fourth-order valence-corrected chi connectivity index (χ4v) is 1.11. The molecule has 1 aromatic rings. The van der Waals surface area contributed by atoms with Crippen LogP contribution in [0.5, 0.6) is 0 Å². The number of esters is 2. The first-order valence-corrected chi connectivity index (χ1v) is 4.51. The van der Waals surface area contributed by atoms with Gasteiger partial charge in [0.15, 0.2) is 6.10 Å². The lowest BCUT2D eigenvalue weighted by Crippen LogP contribution is -2.23. The Hall–Kier alpha value is -1.82. The van der Waals surface area contributed by atoms with Crippen molar-refractivity contribution in [3.63, 3.8) is 0 Å². The normalized spacial score (nSPS) is 11.9. The van der Waals surface area contributed by atoms with E-state index < -0.39 is 18.0 Å². The molecule has 1 heterocycles. The van der Waals surface area contributed by atoms with Crippen molar-refractivity contribution in [3.05, 3.63) is 23.7 Å². The summed E-state index contributed by atoms with van der Waals surface area (Å²) >= 11 is 0. The molecule has 0 fully saturated rings. The summed E-state index contributed by atoms with van der Waals surface area (Å²) in [6.07, 6.45) is -1.36. The molecule has 1 unspecified atom stereocenters. The number of methoxy groups -OCH3 is 2. The minimum absolute atomic E-state index is 0.0227. The Bertz CT molecular complexity index is 380. The summed E-state index contributed by atoms with van der Waals surface area (Å²) in [5, 5.41) is 9.33. The average Bonchev–Trinajstić information content (AvgIpc) is 2.75. The first kappa shape index (κ1) is 12.3. The van der Waals surface area contributed by atoms with Crippen LogP contribution in [0.3, 0.4) is 0 Å². The lowest BCUT2D eigenvalue weighted by molar-refractivity contribution is -0.150. The second-order valence-electron chi connectivity index (χ2n) is 3.00. The highest BCUT2D eigenvalue weighted by Gasteiger charge is 2.19. The van der Waals surface area contributed by atoms with Gasteiger partial charge in [0.2, 0.25) is 5.76 Å². The molecule has 0 saturated carbocycles. The second-order valence-corrected chi connectivity index (χ2v) is 3.00. The van der Waals surface area contributed by atoms with Crippen molar-refractivity contribution < 1.29 is 28.6 Å². The molecule has 0 radical (unpaired) electrons. The van der Waals surface area contributed by atoms with Crippen molar-refractivity contribution in [2.24, 2.45) is 0 Å². The van der Waals surface area contributed by atoms with Crippen LogP contribution in [-0.2, 0) is 20.7 Å². The molecule has 0 saturated heterocycles. The number of furan rings is 1. The molecule has 6 heteroatoms. The predicted octanol–water partition coefficient (Wildman–Crippen LogP) is 0.143. The smallest absolute Gasteiger partial charge is 0.373 e. The topological polar surface area (TPSA) is 86.0 Å². The number of ether oxygens (including phenoxy) is 2. The maximum Gasteiger partial charge on any atom is 0.373 e. The summed E-state index contributed by atoms with van der Waals surface area (Å²) in [5.74, 6) is -1.04. The number of carbonyl (C=O) groups is 2. The Labute approximate surface area is 91.8 Å². The molecule has 0 bridgehead atoms. The Morgan fingerprint density at radius 3 is 2.62 bits per heavy atom.